The van der Waals surface area contributed by atoms with E-state index in [0.29, 0.717) is 22.7 Å². The van der Waals surface area contributed by atoms with Gasteiger partial charge in [-0.3, -0.25) is 9.59 Å². The van der Waals surface area contributed by atoms with Crippen molar-refractivity contribution in [1.29, 1.82) is 0 Å². The van der Waals surface area contributed by atoms with Gasteiger partial charge in [-0.1, -0.05) is 45.0 Å². The molecule has 170 valence electrons. The first-order chi connectivity index (χ1) is 15.6. The summed E-state index contributed by atoms with van der Waals surface area (Å²) in [5.74, 6) is -0.219. The van der Waals surface area contributed by atoms with Crippen molar-refractivity contribution in [2.75, 3.05) is 10.2 Å². The number of amides is 2. The molecule has 0 spiro atoms. The van der Waals surface area contributed by atoms with Gasteiger partial charge in [0.05, 0.1) is 12.2 Å². The van der Waals surface area contributed by atoms with Gasteiger partial charge in [0.25, 0.3) is 11.8 Å². The average molecular weight is 447 g/mol. The Hall–Kier alpha value is -3.67. The number of nitrogens with zero attached hydrogens (tertiary/aromatic N) is 1. The number of benzene rings is 3. The van der Waals surface area contributed by atoms with Crippen LogP contribution in [-0.4, -0.2) is 17.9 Å². The van der Waals surface area contributed by atoms with Crippen molar-refractivity contribution in [3.05, 3.63) is 89.2 Å². The van der Waals surface area contributed by atoms with Crippen LogP contribution in [0.5, 0.6) is 5.75 Å². The van der Waals surface area contributed by atoms with Gasteiger partial charge >= 0.3 is 0 Å². The fourth-order valence-corrected chi connectivity index (χ4v) is 3.75. The van der Waals surface area contributed by atoms with Gasteiger partial charge in [-0.15, -0.1) is 0 Å². The minimum Gasteiger partial charge on any atom is -0.479 e. The van der Waals surface area contributed by atoms with Crippen LogP contribution in [0.2, 0.25) is 0 Å². The first-order valence-electron chi connectivity index (χ1n) is 10.9. The molecule has 0 radical (unpaired) electrons. The van der Waals surface area contributed by atoms with Crippen molar-refractivity contribution < 1.29 is 18.7 Å². The number of halogens is 1. The topological polar surface area (TPSA) is 58.6 Å². The summed E-state index contributed by atoms with van der Waals surface area (Å²) in [5.41, 5.74) is 3.60. The van der Waals surface area contributed by atoms with E-state index < -0.39 is 6.10 Å². The van der Waals surface area contributed by atoms with Crippen molar-refractivity contribution in [1.82, 2.24) is 0 Å². The molecule has 6 heteroatoms. The maximum atomic E-state index is 13.3. The largest absolute Gasteiger partial charge is 0.479 e. The molecule has 3 aromatic carbocycles. The highest BCUT2D eigenvalue weighted by molar-refractivity contribution is 6.05. The summed E-state index contributed by atoms with van der Waals surface area (Å²) in [5, 5.41) is 2.90. The maximum Gasteiger partial charge on any atom is 0.268 e. The Morgan fingerprint density at radius 2 is 1.70 bits per heavy atom. The van der Waals surface area contributed by atoms with E-state index in [1.54, 1.807) is 42.2 Å². The zero-order valence-corrected chi connectivity index (χ0v) is 19.2. The summed E-state index contributed by atoms with van der Waals surface area (Å²) in [6.45, 7) is 8.33. The van der Waals surface area contributed by atoms with E-state index >= 15 is 0 Å². The normalized spacial score (nSPS) is 15.6. The minimum atomic E-state index is -0.639. The standard InChI is InChI=1S/C27H27FN2O3/c1-17-26(32)30(16-18-5-11-21(28)12-6-18)23-15-22(13-14-24(23)33-17)29-25(31)19-7-9-20(10-8-19)27(2,3)4/h5-15,17H,16H2,1-4H3,(H,29,31). The second kappa shape index (κ2) is 8.70. The molecule has 0 bridgehead atoms. The summed E-state index contributed by atoms with van der Waals surface area (Å²) in [4.78, 5) is 27.3. The molecule has 33 heavy (non-hydrogen) atoms. The molecule has 3 aromatic rings. The van der Waals surface area contributed by atoms with Gasteiger partial charge in [-0.05, 0) is 65.9 Å². The molecule has 0 saturated carbocycles. The van der Waals surface area contributed by atoms with E-state index in [2.05, 4.69) is 26.1 Å². The van der Waals surface area contributed by atoms with Gasteiger partial charge in [0.1, 0.15) is 11.6 Å². The van der Waals surface area contributed by atoms with Crippen molar-refractivity contribution >= 4 is 23.2 Å². The van der Waals surface area contributed by atoms with Gasteiger partial charge in [-0.25, -0.2) is 4.39 Å². The highest BCUT2D eigenvalue weighted by Gasteiger charge is 2.32. The minimum absolute atomic E-state index is 0.00511. The Labute approximate surface area is 193 Å². The van der Waals surface area contributed by atoms with Crippen molar-refractivity contribution in [2.45, 2.75) is 45.8 Å². The quantitative estimate of drug-likeness (QED) is 0.560. The predicted molar refractivity (Wildman–Crippen MR) is 127 cm³/mol. The number of ether oxygens (including phenoxy) is 1. The van der Waals surface area contributed by atoms with Crippen LogP contribution >= 0.6 is 0 Å². The lowest BCUT2D eigenvalue weighted by atomic mass is 9.87. The van der Waals surface area contributed by atoms with Crippen molar-refractivity contribution in [2.24, 2.45) is 0 Å². The molecule has 0 aliphatic carbocycles. The SMILES string of the molecule is CC1Oc2ccc(NC(=O)c3ccc(C(C)(C)C)cc3)cc2N(Cc2ccc(F)cc2)C1=O. The molecular weight excluding hydrogens is 419 g/mol. The second-order valence-electron chi connectivity index (χ2n) is 9.27. The molecule has 1 aliphatic rings. The van der Waals surface area contributed by atoms with Gasteiger partial charge < -0.3 is 15.0 Å². The van der Waals surface area contributed by atoms with Gasteiger partial charge in [-0.2, -0.15) is 0 Å². The van der Waals surface area contributed by atoms with Gasteiger partial charge in [0, 0.05) is 11.3 Å². The molecule has 0 saturated heterocycles. The smallest absolute Gasteiger partial charge is 0.268 e. The fraction of sp³-hybridized carbons (Fsp3) is 0.259. The van der Waals surface area contributed by atoms with Crippen LogP contribution in [0.3, 0.4) is 0 Å². The Morgan fingerprint density at radius 1 is 1.03 bits per heavy atom. The fourth-order valence-electron chi connectivity index (χ4n) is 3.75. The molecule has 1 atom stereocenters. The van der Waals surface area contributed by atoms with Crippen LogP contribution in [0.15, 0.2) is 66.7 Å². The third-order valence-electron chi connectivity index (χ3n) is 5.69. The Bertz CT molecular complexity index is 1180. The van der Waals surface area contributed by atoms with E-state index in [4.69, 9.17) is 4.74 Å². The molecule has 0 fully saturated rings. The maximum absolute atomic E-state index is 13.3. The van der Waals surface area contributed by atoms with Crippen molar-refractivity contribution in [3.8, 4) is 5.75 Å². The predicted octanol–water partition coefficient (Wildman–Crippen LogP) is 5.69. The summed E-state index contributed by atoms with van der Waals surface area (Å²) in [6, 6.07) is 18.8. The third kappa shape index (κ3) is 4.90. The first kappa shape index (κ1) is 22.5. The highest BCUT2D eigenvalue weighted by Crippen LogP contribution is 2.37. The average Bonchev–Trinajstić information content (AvgIpc) is 2.78. The number of fused-ring (bicyclic) bond motifs is 1. The highest BCUT2D eigenvalue weighted by atomic mass is 19.1. The molecule has 1 aliphatic heterocycles. The Balaban J connectivity index is 1.58. The van der Waals surface area contributed by atoms with E-state index in [1.807, 2.05) is 24.3 Å². The number of hydrogen-bond donors (Lipinski definition) is 1. The van der Waals surface area contributed by atoms with Gasteiger partial charge in [0.2, 0.25) is 0 Å². The molecular formula is C27H27FN2O3. The van der Waals surface area contributed by atoms with Crippen LogP contribution < -0.4 is 15.0 Å². The monoisotopic (exact) mass is 446 g/mol. The van der Waals surface area contributed by atoms with Gasteiger partial charge in [0.15, 0.2) is 6.10 Å². The van der Waals surface area contributed by atoms with Crippen LogP contribution in [0.25, 0.3) is 0 Å². The van der Waals surface area contributed by atoms with E-state index in [1.165, 1.54) is 12.1 Å². The van der Waals surface area contributed by atoms with E-state index in [9.17, 15) is 14.0 Å². The number of rotatable bonds is 4. The summed E-state index contributed by atoms with van der Waals surface area (Å²) >= 11 is 0. The van der Waals surface area contributed by atoms with Crippen LogP contribution in [0, 0.1) is 5.82 Å². The molecule has 0 aromatic heterocycles. The molecule has 1 heterocycles. The van der Waals surface area contributed by atoms with E-state index in [0.717, 1.165) is 11.1 Å². The number of nitrogens with one attached hydrogen (secondary N) is 1. The number of carbonyl (C=O) groups excluding carboxylic acids is 2. The lowest BCUT2D eigenvalue weighted by molar-refractivity contribution is -0.125. The molecule has 4 rings (SSSR count). The number of anilines is 2. The molecule has 5 nitrogen and oxygen atoms in total. The number of hydrogen-bond acceptors (Lipinski definition) is 3. The summed E-state index contributed by atoms with van der Waals surface area (Å²) in [7, 11) is 0. The second-order valence-corrected chi connectivity index (χ2v) is 9.27. The molecule has 1 N–H and O–H groups in total. The summed E-state index contributed by atoms with van der Waals surface area (Å²) in [6.07, 6.45) is -0.639. The summed E-state index contributed by atoms with van der Waals surface area (Å²) < 4.78 is 19.1. The van der Waals surface area contributed by atoms with Crippen LogP contribution in [-0.2, 0) is 16.8 Å². The number of carbonyl (C=O) groups is 2. The lowest BCUT2D eigenvalue weighted by Crippen LogP contribution is -2.44. The first-order valence-corrected chi connectivity index (χ1v) is 10.9. The van der Waals surface area contributed by atoms with E-state index in [-0.39, 0.29) is 29.6 Å². The third-order valence-corrected chi connectivity index (χ3v) is 5.69. The van der Waals surface area contributed by atoms with Crippen molar-refractivity contribution in [3.63, 3.8) is 0 Å². The Morgan fingerprint density at radius 3 is 2.33 bits per heavy atom. The van der Waals surface area contributed by atoms with Crippen LogP contribution in [0.4, 0.5) is 15.8 Å². The molecule has 2 amide bonds. The zero-order chi connectivity index (χ0) is 23.8. The lowest BCUT2D eigenvalue weighted by Gasteiger charge is -2.33. The Kier molecular flexibility index (Phi) is 5.93. The van der Waals surface area contributed by atoms with Crippen LogP contribution in [0.1, 0.15) is 49.2 Å². The zero-order valence-electron chi connectivity index (χ0n) is 19.2. The molecule has 1 unspecified atom stereocenters.